The van der Waals surface area contributed by atoms with E-state index in [0.717, 1.165) is 19.4 Å². The van der Waals surface area contributed by atoms with Crippen molar-refractivity contribution in [2.45, 2.75) is 52.9 Å². The summed E-state index contributed by atoms with van der Waals surface area (Å²) in [6.45, 7) is 7.21. The average molecular weight is 282 g/mol. The minimum absolute atomic E-state index is 0.0962. The second-order valence-corrected chi connectivity index (χ2v) is 6.03. The van der Waals surface area contributed by atoms with Gasteiger partial charge in [0, 0.05) is 44.3 Å². The summed E-state index contributed by atoms with van der Waals surface area (Å²) in [6.07, 6.45) is 3.27. The van der Waals surface area contributed by atoms with Crippen LogP contribution in [0.25, 0.3) is 0 Å². The summed E-state index contributed by atoms with van der Waals surface area (Å²) in [5.74, 6) is 0.145. The van der Waals surface area contributed by atoms with Crippen LogP contribution in [0.3, 0.4) is 0 Å². The van der Waals surface area contributed by atoms with Crippen molar-refractivity contribution in [2.75, 3.05) is 19.6 Å². The van der Waals surface area contributed by atoms with Gasteiger partial charge in [-0.05, 0) is 12.8 Å². The smallest absolute Gasteiger partial charge is 0.222 e. The average Bonchev–Trinajstić information content (AvgIpc) is 2.39. The molecule has 2 amide bonds. The van der Waals surface area contributed by atoms with Crippen LogP contribution in [0.1, 0.15) is 52.9 Å². The summed E-state index contributed by atoms with van der Waals surface area (Å²) < 4.78 is 0. The van der Waals surface area contributed by atoms with Crippen molar-refractivity contribution in [3.8, 4) is 0 Å². The molecule has 1 rings (SSSR count). The molecule has 5 nitrogen and oxygen atoms in total. The fraction of sp³-hybridized carbons (Fsp3) is 0.800. The molecule has 114 valence electrons. The lowest BCUT2D eigenvalue weighted by atomic mass is 9.83. The number of likely N-dealkylation sites (tertiary alicyclic amines) is 1. The lowest BCUT2D eigenvalue weighted by Gasteiger charge is -2.27. The van der Waals surface area contributed by atoms with Crippen LogP contribution in [0, 0.1) is 5.41 Å². The van der Waals surface area contributed by atoms with Gasteiger partial charge in [0.15, 0.2) is 0 Å². The van der Waals surface area contributed by atoms with Crippen molar-refractivity contribution < 1.29 is 14.4 Å². The monoisotopic (exact) mass is 282 g/mol. The number of rotatable bonds is 7. The van der Waals surface area contributed by atoms with Crippen molar-refractivity contribution in [1.29, 1.82) is 0 Å². The van der Waals surface area contributed by atoms with Crippen molar-refractivity contribution in [2.24, 2.45) is 5.41 Å². The highest BCUT2D eigenvalue weighted by atomic mass is 16.2. The Bertz CT molecular complexity index is 377. The molecule has 0 aromatic rings. The number of carbonyl (C=O) groups excluding carboxylic acids is 3. The number of Topliss-reactive ketones (excluding diaryl/α,β-unsaturated/α-hetero) is 1. The van der Waals surface area contributed by atoms with Gasteiger partial charge < -0.3 is 10.2 Å². The fourth-order valence-electron chi connectivity index (χ4n) is 2.47. The van der Waals surface area contributed by atoms with E-state index in [1.165, 1.54) is 0 Å². The van der Waals surface area contributed by atoms with E-state index < -0.39 is 5.41 Å². The third kappa shape index (κ3) is 4.94. The molecule has 0 bridgehead atoms. The van der Waals surface area contributed by atoms with Gasteiger partial charge in [-0.3, -0.25) is 14.4 Å². The Morgan fingerprint density at radius 3 is 2.60 bits per heavy atom. The zero-order chi connectivity index (χ0) is 15.2. The first-order valence-electron chi connectivity index (χ1n) is 7.44. The van der Waals surface area contributed by atoms with Crippen LogP contribution >= 0.6 is 0 Å². The number of nitrogens with one attached hydrogen (secondary N) is 1. The topological polar surface area (TPSA) is 66.5 Å². The SMILES string of the molecule is CCC(=O)C(C)(C)CC(=O)NCCN1CCCCC1=O. The standard InChI is InChI=1S/C15H26N2O3/c1-4-12(18)15(2,3)11-13(19)16-8-10-17-9-6-5-7-14(17)20/h4-11H2,1-3H3,(H,16,19). The van der Waals surface area contributed by atoms with Crippen LogP contribution in [0.15, 0.2) is 0 Å². The molecule has 1 aliphatic heterocycles. The van der Waals surface area contributed by atoms with Crippen molar-refractivity contribution in [1.82, 2.24) is 10.2 Å². The summed E-state index contributed by atoms with van der Waals surface area (Å²) >= 11 is 0. The zero-order valence-corrected chi connectivity index (χ0v) is 12.8. The van der Waals surface area contributed by atoms with E-state index in [1.807, 2.05) is 6.92 Å². The second kappa shape index (κ2) is 7.41. The van der Waals surface area contributed by atoms with E-state index in [-0.39, 0.29) is 24.0 Å². The molecule has 1 aliphatic rings. The number of carbonyl (C=O) groups is 3. The predicted molar refractivity (Wildman–Crippen MR) is 77.1 cm³/mol. The van der Waals surface area contributed by atoms with Gasteiger partial charge in [0.05, 0.1) is 0 Å². The van der Waals surface area contributed by atoms with Crippen LogP contribution < -0.4 is 5.32 Å². The highest BCUT2D eigenvalue weighted by Crippen LogP contribution is 2.22. The molecule has 0 spiro atoms. The molecule has 1 N–H and O–H groups in total. The molecule has 1 saturated heterocycles. The van der Waals surface area contributed by atoms with Gasteiger partial charge >= 0.3 is 0 Å². The number of ketones is 1. The Labute approximate surface area is 121 Å². The molecule has 0 unspecified atom stereocenters. The molecular formula is C15H26N2O3. The van der Waals surface area contributed by atoms with Crippen LogP contribution in [0.4, 0.5) is 0 Å². The maximum atomic E-state index is 11.8. The van der Waals surface area contributed by atoms with Crippen LogP contribution in [0.5, 0.6) is 0 Å². The number of piperidine rings is 1. The van der Waals surface area contributed by atoms with Gasteiger partial charge in [-0.15, -0.1) is 0 Å². The van der Waals surface area contributed by atoms with Crippen LogP contribution in [-0.4, -0.2) is 42.1 Å². The van der Waals surface area contributed by atoms with Gasteiger partial charge in [0.25, 0.3) is 0 Å². The summed E-state index contributed by atoms with van der Waals surface area (Å²) in [5.41, 5.74) is -0.611. The van der Waals surface area contributed by atoms with E-state index in [1.54, 1.807) is 18.7 Å². The lowest BCUT2D eigenvalue weighted by Crippen LogP contribution is -2.42. The first-order valence-corrected chi connectivity index (χ1v) is 7.44. The Kier molecular flexibility index (Phi) is 6.17. The first kappa shape index (κ1) is 16.7. The van der Waals surface area contributed by atoms with E-state index in [9.17, 15) is 14.4 Å². The highest BCUT2D eigenvalue weighted by Gasteiger charge is 2.28. The van der Waals surface area contributed by atoms with Crippen LogP contribution in [0.2, 0.25) is 0 Å². The molecule has 0 radical (unpaired) electrons. The molecule has 0 aromatic heterocycles. The Morgan fingerprint density at radius 2 is 2.00 bits per heavy atom. The molecular weight excluding hydrogens is 256 g/mol. The summed E-state index contributed by atoms with van der Waals surface area (Å²) in [4.78, 5) is 36.9. The van der Waals surface area contributed by atoms with Gasteiger partial charge in [-0.25, -0.2) is 0 Å². The number of hydrogen-bond acceptors (Lipinski definition) is 3. The van der Waals surface area contributed by atoms with Crippen molar-refractivity contribution in [3.63, 3.8) is 0 Å². The maximum Gasteiger partial charge on any atom is 0.222 e. The molecule has 20 heavy (non-hydrogen) atoms. The summed E-state index contributed by atoms with van der Waals surface area (Å²) in [7, 11) is 0. The van der Waals surface area contributed by atoms with E-state index in [0.29, 0.717) is 25.9 Å². The van der Waals surface area contributed by atoms with E-state index >= 15 is 0 Å². The molecule has 0 aliphatic carbocycles. The fourth-order valence-corrected chi connectivity index (χ4v) is 2.47. The molecule has 0 atom stereocenters. The minimum Gasteiger partial charge on any atom is -0.354 e. The predicted octanol–water partition coefficient (Wildman–Crippen LogP) is 1.51. The molecule has 1 fully saturated rings. The van der Waals surface area contributed by atoms with Gasteiger partial charge in [-0.2, -0.15) is 0 Å². The second-order valence-electron chi connectivity index (χ2n) is 6.03. The Morgan fingerprint density at radius 1 is 1.30 bits per heavy atom. The molecule has 1 heterocycles. The minimum atomic E-state index is -0.611. The Balaban J connectivity index is 2.29. The summed E-state index contributed by atoms with van der Waals surface area (Å²) in [6, 6.07) is 0. The van der Waals surface area contributed by atoms with E-state index in [2.05, 4.69) is 5.32 Å². The van der Waals surface area contributed by atoms with Gasteiger partial charge in [0.2, 0.25) is 11.8 Å². The molecule has 0 aromatic carbocycles. The first-order chi connectivity index (χ1) is 9.36. The van der Waals surface area contributed by atoms with Crippen LogP contribution in [-0.2, 0) is 14.4 Å². The molecule has 5 heteroatoms. The Hall–Kier alpha value is -1.39. The maximum absolute atomic E-state index is 11.8. The number of hydrogen-bond donors (Lipinski definition) is 1. The largest absolute Gasteiger partial charge is 0.354 e. The third-order valence-corrected chi connectivity index (χ3v) is 3.80. The van der Waals surface area contributed by atoms with Gasteiger partial charge in [0.1, 0.15) is 5.78 Å². The number of amides is 2. The van der Waals surface area contributed by atoms with Gasteiger partial charge in [-0.1, -0.05) is 20.8 Å². The van der Waals surface area contributed by atoms with E-state index in [4.69, 9.17) is 0 Å². The van der Waals surface area contributed by atoms with Crippen molar-refractivity contribution in [3.05, 3.63) is 0 Å². The summed E-state index contributed by atoms with van der Waals surface area (Å²) in [5, 5.41) is 2.80. The van der Waals surface area contributed by atoms with Crippen molar-refractivity contribution >= 4 is 17.6 Å². The third-order valence-electron chi connectivity index (χ3n) is 3.80. The normalized spacial score (nSPS) is 16.1. The molecule has 0 saturated carbocycles. The quantitative estimate of drug-likeness (QED) is 0.769. The zero-order valence-electron chi connectivity index (χ0n) is 12.8. The lowest BCUT2D eigenvalue weighted by molar-refractivity contribution is -0.134. The number of nitrogens with zero attached hydrogens (tertiary/aromatic N) is 1. The highest BCUT2D eigenvalue weighted by molar-refractivity contribution is 5.89.